The second kappa shape index (κ2) is 8.39. The van der Waals surface area contributed by atoms with E-state index in [1.54, 1.807) is 41.0 Å². The molecule has 4 aromatic rings. The number of carboxylic acids is 1. The summed E-state index contributed by atoms with van der Waals surface area (Å²) in [4.78, 5) is 24.4. The van der Waals surface area contributed by atoms with Crippen LogP contribution in [0.15, 0.2) is 77.7 Å². The average molecular weight is 421 g/mol. The monoisotopic (exact) mass is 421 g/mol. The summed E-state index contributed by atoms with van der Waals surface area (Å²) < 4.78 is 33.6. The van der Waals surface area contributed by atoms with Gasteiger partial charge in [-0.25, -0.2) is 13.6 Å². The second-order valence-corrected chi connectivity index (χ2v) is 7.03. The lowest BCUT2D eigenvalue weighted by atomic mass is 10.1. The lowest BCUT2D eigenvalue weighted by Crippen LogP contribution is -2.19. The van der Waals surface area contributed by atoms with Gasteiger partial charge < -0.3 is 14.4 Å². The van der Waals surface area contributed by atoms with Crippen LogP contribution in [0.25, 0.3) is 10.9 Å². The van der Waals surface area contributed by atoms with Crippen molar-refractivity contribution in [1.29, 1.82) is 0 Å². The third kappa shape index (κ3) is 4.45. The number of carbonyl (C=O) groups is 1. The maximum atomic E-state index is 13.2. The van der Waals surface area contributed by atoms with E-state index < -0.39 is 11.4 Å². The third-order valence-electron chi connectivity index (χ3n) is 4.87. The van der Waals surface area contributed by atoms with Gasteiger partial charge in [-0.3, -0.25) is 4.79 Å². The third-order valence-corrected chi connectivity index (χ3v) is 4.87. The number of rotatable bonds is 6. The van der Waals surface area contributed by atoms with E-state index in [1.165, 1.54) is 36.5 Å². The molecule has 0 aliphatic carbocycles. The van der Waals surface area contributed by atoms with Gasteiger partial charge in [0.05, 0.1) is 10.9 Å². The summed E-state index contributed by atoms with van der Waals surface area (Å²) in [5.41, 5.74) is 1.03. The van der Waals surface area contributed by atoms with Gasteiger partial charge in [-0.05, 0) is 53.6 Å². The van der Waals surface area contributed by atoms with Gasteiger partial charge in [-0.15, -0.1) is 0 Å². The molecule has 7 heteroatoms. The van der Waals surface area contributed by atoms with Gasteiger partial charge >= 0.3 is 5.97 Å². The van der Waals surface area contributed by atoms with Crippen LogP contribution in [0, 0.1) is 11.6 Å². The number of hydrogen-bond acceptors (Lipinski definition) is 3. The molecule has 0 bridgehead atoms. The van der Waals surface area contributed by atoms with E-state index >= 15 is 0 Å². The highest BCUT2D eigenvalue weighted by molar-refractivity contribution is 5.93. The molecule has 0 saturated heterocycles. The number of aromatic carboxylic acids is 1. The fraction of sp³-hybridized carbons (Fsp3) is 0.0833. The van der Waals surface area contributed by atoms with Crippen LogP contribution in [0.5, 0.6) is 5.75 Å². The Morgan fingerprint density at radius 1 is 0.903 bits per heavy atom. The van der Waals surface area contributed by atoms with Crippen molar-refractivity contribution < 1.29 is 23.4 Å². The Hall–Kier alpha value is -4.00. The zero-order valence-electron chi connectivity index (χ0n) is 16.2. The van der Waals surface area contributed by atoms with Crippen molar-refractivity contribution in [3.8, 4) is 5.75 Å². The van der Waals surface area contributed by atoms with Gasteiger partial charge in [0, 0.05) is 12.7 Å². The predicted octanol–water partition coefficient (Wildman–Crippen LogP) is 4.61. The molecule has 0 spiro atoms. The van der Waals surface area contributed by atoms with Crippen molar-refractivity contribution in [2.75, 3.05) is 0 Å². The molecule has 0 atom stereocenters. The maximum absolute atomic E-state index is 13.2. The Morgan fingerprint density at radius 3 is 2.13 bits per heavy atom. The quantitative estimate of drug-likeness (QED) is 0.494. The molecule has 4 rings (SSSR count). The molecule has 0 saturated carbocycles. The minimum absolute atomic E-state index is 0.161. The molecule has 31 heavy (non-hydrogen) atoms. The van der Waals surface area contributed by atoms with Crippen molar-refractivity contribution in [2.24, 2.45) is 0 Å². The van der Waals surface area contributed by atoms with Crippen molar-refractivity contribution >= 4 is 16.9 Å². The number of ether oxygens (including phenoxy) is 1. The number of aromatic nitrogens is 1. The summed E-state index contributed by atoms with van der Waals surface area (Å²) in [6, 6.07) is 16.5. The van der Waals surface area contributed by atoms with Crippen molar-refractivity contribution in [3.05, 3.63) is 111 Å². The Labute approximate surface area is 175 Å². The number of halogens is 2. The van der Waals surface area contributed by atoms with Crippen LogP contribution in [0.2, 0.25) is 0 Å². The van der Waals surface area contributed by atoms with Gasteiger partial charge in [0.2, 0.25) is 5.43 Å². The fourth-order valence-electron chi connectivity index (χ4n) is 3.28. The molecule has 3 aromatic carbocycles. The Balaban J connectivity index is 1.71. The summed E-state index contributed by atoms with van der Waals surface area (Å²) in [5.74, 6) is -1.68. The van der Waals surface area contributed by atoms with Crippen LogP contribution in [0.3, 0.4) is 0 Å². The molecule has 1 heterocycles. The highest BCUT2D eigenvalue weighted by Gasteiger charge is 2.15. The highest BCUT2D eigenvalue weighted by atomic mass is 19.1. The Morgan fingerprint density at radius 2 is 1.52 bits per heavy atom. The van der Waals surface area contributed by atoms with E-state index in [4.69, 9.17) is 4.74 Å². The molecule has 0 fully saturated rings. The van der Waals surface area contributed by atoms with Crippen molar-refractivity contribution in [2.45, 2.75) is 13.2 Å². The average Bonchev–Trinajstić information content (AvgIpc) is 2.76. The normalized spacial score (nSPS) is 10.9. The van der Waals surface area contributed by atoms with Crippen LogP contribution in [-0.2, 0) is 13.2 Å². The summed E-state index contributed by atoms with van der Waals surface area (Å²) in [6.45, 7) is 0.418. The zero-order valence-corrected chi connectivity index (χ0v) is 16.2. The van der Waals surface area contributed by atoms with Gasteiger partial charge in [-0.2, -0.15) is 0 Å². The molecule has 0 amide bonds. The minimum Gasteiger partial charge on any atom is -0.489 e. The largest absolute Gasteiger partial charge is 0.489 e. The molecular weight excluding hydrogens is 404 g/mol. The van der Waals surface area contributed by atoms with E-state index in [2.05, 4.69) is 0 Å². The number of benzene rings is 3. The molecular formula is C24H17F2NO4. The first-order valence-electron chi connectivity index (χ1n) is 9.43. The zero-order chi connectivity index (χ0) is 22.0. The highest BCUT2D eigenvalue weighted by Crippen LogP contribution is 2.22. The molecule has 5 nitrogen and oxygen atoms in total. The van der Waals surface area contributed by atoms with Crippen LogP contribution < -0.4 is 10.2 Å². The van der Waals surface area contributed by atoms with Crippen molar-refractivity contribution in [1.82, 2.24) is 4.57 Å². The van der Waals surface area contributed by atoms with Crippen molar-refractivity contribution in [3.63, 3.8) is 0 Å². The lowest BCUT2D eigenvalue weighted by Gasteiger charge is -2.14. The van der Waals surface area contributed by atoms with Crippen LogP contribution in [0.1, 0.15) is 21.5 Å². The summed E-state index contributed by atoms with van der Waals surface area (Å²) in [6.07, 6.45) is 1.29. The molecule has 0 unspecified atom stereocenters. The topological polar surface area (TPSA) is 68.5 Å². The first kappa shape index (κ1) is 20.3. The maximum Gasteiger partial charge on any atom is 0.341 e. The van der Waals surface area contributed by atoms with Crippen LogP contribution in [-0.4, -0.2) is 15.6 Å². The predicted molar refractivity (Wildman–Crippen MR) is 111 cm³/mol. The number of hydrogen-bond donors (Lipinski definition) is 1. The first-order valence-corrected chi connectivity index (χ1v) is 9.43. The SMILES string of the molecule is O=C(O)c1cn(Cc2ccc(F)cc2)c2ccc(OCc3ccc(F)cc3)cc2c1=O. The van der Waals surface area contributed by atoms with E-state index in [-0.39, 0.29) is 35.7 Å². The molecule has 1 N–H and O–H groups in total. The minimum atomic E-state index is -1.34. The number of fused-ring (bicyclic) bond motifs is 1. The molecule has 0 aliphatic rings. The fourth-order valence-corrected chi connectivity index (χ4v) is 3.28. The number of carboxylic acid groups (broad SMARTS) is 1. The molecule has 1 aromatic heterocycles. The molecule has 0 radical (unpaired) electrons. The number of pyridine rings is 1. The van der Waals surface area contributed by atoms with E-state index in [0.717, 1.165) is 11.1 Å². The van der Waals surface area contributed by atoms with Gasteiger partial charge in [0.25, 0.3) is 0 Å². The van der Waals surface area contributed by atoms with E-state index in [0.29, 0.717) is 11.3 Å². The van der Waals surface area contributed by atoms with Gasteiger partial charge in [-0.1, -0.05) is 24.3 Å². The summed E-state index contributed by atoms with van der Waals surface area (Å²) >= 11 is 0. The molecule has 0 aliphatic heterocycles. The Kier molecular flexibility index (Phi) is 5.49. The van der Waals surface area contributed by atoms with E-state index in [1.807, 2.05) is 0 Å². The summed E-state index contributed by atoms with van der Waals surface area (Å²) in [7, 11) is 0. The second-order valence-electron chi connectivity index (χ2n) is 7.03. The smallest absolute Gasteiger partial charge is 0.341 e. The lowest BCUT2D eigenvalue weighted by molar-refractivity contribution is 0.0695. The van der Waals surface area contributed by atoms with Crippen LogP contribution >= 0.6 is 0 Å². The van der Waals surface area contributed by atoms with Crippen LogP contribution in [0.4, 0.5) is 8.78 Å². The first-order chi connectivity index (χ1) is 14.9. The van der Waals surface area contributed by atoms with E-state index in [9.17, 15) is 23.5 Å². The molecule has 156 valence electrons. The Bertz CT molecular complexity index is 1310. The van der Waals surface area contributed by atoms with Gasteiger partial charge in [0.1, 0.15) is 29.6 Å². The van der Waals surface area contributed by atoms with Gasteiger partial charge in [0.15, 0.2) is 0 Å². The summed E-state index contributed by atoms with van der Waals surface area (Å²) in [5, 5.41) is 9.66. The number of nitrogens with zero attached hydrogens (tertiary/aromatic N) is 1. The standard InChI is InChI=1S/C24H17F2NO4/c25-17-5-1-15(2-6-17)12-27-13-21(24(29)30)23(28)20-11-19(9-10-22(20)27)31-14-16-3-7-18(26)8-4-16/h1-11,13H,12,14H2,(H,29,30).